The summed E-state index contributed by atoms with van der Waals surface area (Å²) < 4.78 is 11.3. The number of amides is 1. The molecular formula is C22H27NO3. The van der Waals surface area contributed by atoms with Gasteiger partial charge < -0.3 is 14.8 Å². The van der Waals surface area contributed by atoms with Gasteiger partial charge in [-0.3, -0.25) is 4.79 Å². The van der Waals surface area contributed by atoms with Crippen molar-refractivity contribution in [1.82, 2.24) is 5.32 Å². The van der Waals surface area contributed by atoms with Gasteiger partial charge in [-0.2, -0.15) is 0 Å². The molecule has 0 radical (unpaired) electrons. The first kappa shape index (κ1) is 18.3. The van der Waals surface area contributed by atoms with Crippen molar-refractivity contribution in [2.45, 2.75) is 51.7 Å². The molecular weight excluding hydrogens is 326 g/mol. The van der Waals surface area contributed by atoms with Gasteiger partial charge in [-0.15, -0.1) is 0 Å². The Bertz CT molecular complexity index is 772. The Balaban J connectivity index is 1.62. The van der Waals surface area contributed by atoms with Crippen LogP contribution in [0.1, 0.15) is 49.4 Å². The Morgan fingerprint density at radius 1 is 1.04 bits per heavy atom. The number of aryl methyl sites for hydroxylation is 2. The second kappa shape index (κ2) is 8.26. The van der Waals surface area contributed by atoms with E-state index >= 15 is 0 Å². The van der Waals surface area contributed by atoms with Crippen LogP contribution >= 0.6 is 0 Å². The minimum absolute atomic E-state index is 0.138. The number of carbonyl (C=O) groups excluding carboxylic acids is 1. The molecule has 0 aromatic heterocycles. The Morgan fingerprint density at radius 3 is 2.54 bits per heavy atom. The van der Waals surface area contributed by atoms with Gasteiger partial charge >= 0.3 is 0 Å². The molecule has 26 heavy (non-hydrogen) atoms. The normalized spacial score (nSPS) is 15.5. The number of hydrogen-bond acceptors (Lipinski definition) is 3. The molecule has 3 rings (SSSR count). The van der Waals surface area contributed by atoms with Crippen LogP contribution in [0.2, 0.25) is 0 Å². The van der Waals surface area contributed by atoms with Gasteiger partial charge in [0.1, 0.15) is 11.5 Å². The van der Waals surface area contributed by atoms with Crippen molar-refractivity contribution in [3.63, 3.8) is 0 Å². The van der Waals surface area contributed by atoms with Gasteiger partial charge in [-0.25, -0.2) is 0 Å². The number of ether oxygens (including phenoxy) is 2. The zero-order valence-corrected chi connectivity index (χ0v) is 15.7. The van der Waals surface area contributed by atoms with Crippen molar-refractivity contribution in [3.8, 4) is 11.5 Å². The average molecular weight is 353 g/mol. The van der Waals surface area contributed by atoms with E-state index in [1.807, 2.05) is 37.3 Å². The van der Waals surface area contributed by atoms with Gasteiger partial charge in [-0.1, -0.05) is 24.3 Å². The summed E-state index contributed by atoms with van der Waals surface area (Å²) >= 11 is 0. The maximum absolute atomic E-state index is 12.5. The highest BCUT2D eigenvalue weighted by Gasteiger charge is 2.20. The quantitative estimate of drug-likeness (QED) is 0.846. The lowest BCUT2D eigenvalue weighted by molar-refractivity contribution is -0.127. The van der Waals surface area contributed by atoms with E-state index in [0.29, 0.717) is 0 Å². The predicted molar refractivity (Wildman–Crippen MR) is 103 cm³/mol. The van der Waals surface area contributed by atoms with Gasteiger partial charge in [0, 0.05) is 5.56 Å². The molecule has 0 saturated heterocycles. The average Bonchev–Trinajstić information content (AvgIpc) is 2.67. The van der Waals surface area contributed by atoms with Gasteiger partial charge in [0.05, 0.1) is 13.2 Å². The monoisotopic (exact) mass is 353 g/mol. The van der Waals surface area contributed by atoms with Gasteiger partial charge in [0.2, 0.25) is 0 Å². The van der Waals surface area contributed by atoms with E-state index in [0.717, 1.165) is 29.9 Å². The Kier molecular flexibility index (Phi) is 5.82. The number of carbonyl (C=O) groups is 1. The minimum Gasteiger partial charge on any atom is -0.496 e. The molecule has 1 amide bonds. The maximum atomic E-state index is 12.5. The van der Waals surface area contributed by atoms with Crippen LogP contribution in [0.5, 0.6) is 11.5 Å². The predicted octanol–water partition coefficient (Wildman–Crippen LogP) is 4.22. The van der Waals surface area contributed by atoms with E-state index in [-0.39, 0.29) is 11.9 Å². The summed E-state index contributed by atoms with van der Waals surface area (Å²) in [6, 6.07) is 13.7. The fourth-order valence-electron chi connectivity index (χ4n) is 3.47. The van der Waals surface area contributed by atoms with Crippen molar-refractivity contribution in [1.29, 1.82) is 0 Å². The Hall–Kier alpha value is -2.49. The molecule has 0 fully saturated rings. The first-order valence-corrected chi connectivity index (χ1v) is 9.30. The summed E-state index contributed by atoms with van der Waals surface area (Å²) in [5, 5.41) is 3.01. The number of fused-ring (bicyclic) bond motifs is 1. The lowest BCUT2D eigenvalue weighted by Crippen LogP contribution is -2.37. The van der Waals surface area contributed by atoms with Crippen molar-refractivity contribution < 1.29 is 14.3 Å². The van der Waals surface area contributed by atoms with E-state index in [9.17, 15) is 4.79 Å². The zero-order valence-electron chi connectivity index (χ0n) is 15.7. The fourth-order valence-corrected chi connectivity index (χ4v) is 3.47. The van der Waals surface area contributed by atoms with Gasteiger partial charge in [-0.05, 0) is 68.9 Å². The molecule has 0 bridgehead atoms. The van der Waals surface area contributed by atoms with Crippen LogP contribution in [0.4, 0.5) is 0 Å². The Morgan fingerprint density at radius 2 is 1.77 bits per heavy atom. The SMILES string of the molecule is COc1ccccc1C(C)NC(=O)C(C)Oc1ccc2c(c1)CCCC2. The van der Waals surface area contributed by atoms with Gasteiger partial charge in [0.15, 0.2) is 6.10 Å². The highest BCUT2D eigenvalue weighted by molar-refractivity contribution is 5.81. The first-order chi connectivity index (χ1) is 12.6. The molecule has 2 aromatic rings. The summed E-state index contributed by atoms with van der Waals surface area (Å²) in [7, 11) is 1.63. The largest absolute Gasteiger partial charge is 0.496 e. The lowest BCUT2D eigenvalue weighted by Gasteiger charge is -2.21. The number of benzene rings is 2. The smallest absolute Gasteiger partial charge is 0.261 e. The molecule has 1 aliphatic carbocycles. The lowest BCUT2D eigenvalue weighted by atomic mass is 9.92. The third-order valence-electron chi connectivity index (χ3n) is 4.97. The zero-order chi connectivity index (χ0) is 18.5. The van der Waals surface area contributed by atoms with Crippen LogP contribution in [0.25, 0.3) is 0 Å². The molecule has 2 unspecified atom stereocenters. The summed E-state index contributed by atoms with van der Waals surface area (Å²) in [6.07, 6.45) is 4.16. The second-order valence-corrected chi connectivity index (χ2v) is 6.87. The molecule has 0 heterocycles. The minimum atomic E-state index is -0.561. The Labute approximate surface area is 155 Å². The first-order valence-electron chi connectivity index (χ1n) is 9.30. The van der Waals surface area contributed by atoms with Gasteiger partial charge in [0.25, 0.3) is 5.91 Å². The van der Waals surface area contributed by atoms with E-state index in [1.54, 1.807) is 14.0 Å². The highest BCUT2D eigenvalue weighted by Crippen LogP contribution is 2.27. The summed E-state index contributed by atoms with van der Waals surface area (Å²) in [4.78, 5) is 12.5. The maximum Gasteiger partial charge on any atom is 0.261 e. The molecule has 2 atom stereocenters. The molecule has 4 nitrogen and oxygen atoms in total. The van der Waals surface area contributed by atoms with Crippen molar-refractivity contribution in [2.24, 2.45) is 0 Å². The third-order valence-corrected chi connectivity index (χ3v) is 4.97. The van der Waals surface area contributed by atoms with Crippen LogP contribution in [-0.4, -0.2) is 19.1 Å². The standard InChI is InChI=1S/C22H27NO3/c1-15(20-10-6-7-11-21(20)25-3)23-22(24)16(2)26-19-13-12-17-8-4-5-9-18(17)14-19/h6-7,10-16H,4-5,8-9H2,1-3H3,(H,23,24). The van der Waals surface area contributed by atoms with E-state index in [2.05, 4.69) is 17.4 Å². The van der Waals surface area contributed by atoms with E-state index in [4.69, 9.17) is 9.47 Å². The number of para-hydroxylation sites is 1. The topological polar surface area (TPSA) is 47.6 Å². The molecule has 1 aliphatic rings. The molecule has 0 spiro atoms. The van der Waals surface area contributed by atoms with E-state index < -0.39 is 6.10 Å². The second-order valence-electron chi connectivity index (χ2n) is 6.87. The van der Waals surface area contributed by atoms with Crippen LogP contribution in [0.15, 0.2) is 42.5 Å². The third kappa shape index (κ3) is 4.18. The number of nitrogens with one attached hydrogen (secondary N) is 1. The van der Waals surface area contributed by atoms with Crippen LogP contribution in [0, 0.1) is 0 Å². The fraction of sp³-hybridized carbons (Fsp3) is 0.409. The van der Waals surface area contributed by atoms with Crippen LogP contribution < -0.4 is 14.8 Å². The molecule has 1 N–H and O–H groups in total. The van der Waals surface area contributed by atoms with E-state index in [1.165, 1.54) is 24.0 Å². The molecule has 2 aromatic carbocycles. The molecule has 0 saturated carbocycles. The van der Waals surface area contributed by atoms with Crippen molar-refractivity contribution >= 4 is 5.91 Å². The number of rotatable bonds is 6. The van der Waals surface area contributed by atoms with Crippen molar-refractivity contribution in [2.75, 3.05) is 7.11 Å². The summed E-state index contributed by atoms with van der Waals surface area (Å²) in [5.41, 5.74) is 3.71. The number of methoxy groups -OCH3 is 1. The van der Waals surface area contributed by atoms with Crippen LogP contribution in [0.3, 0.4) is 0 Å². The van der Waals surface area contributed by atoms with Crippen molar-refractivity contribution in [3.05, 3.63) is 59.2 Å². The summed E-state index contributed by atoms with van der Waals surface area (Å²) in [6.45, 7) is 3.73. The highest BCUT2D eigenvalue weighted by atomic mass is 16.5. The number of hydrogen-bond donors (Lipinski definition) is 1. The molecule has 138 valence electrons. The molecule has 4 heteroatoms. The molecule has 0 aliphatic heterocycles. The van der Waals surface area contributed by atoms with Crippen LogP contribution in [-0.2, 0) is 17.6 Å². The summed E-state index contributed by atoms with van der Waals surface area (Å²) in [5.74, 6) is 1.39.